The van der Waals surface area contributed by atoms with E-state index in [0.29, 0.717) is 23.9 Å². The van der Waals surface area contributed by atoms with Gasteiger partial charge in [-0.25, -0.2) is 4.57 Å². The number of phosphoric ester groups is 1. The maximum Gasteiger partial charge on any atom is 0.472 e. The molecule has 458 valence electrons. The summed E-state index contributed by atoms with van der Waals surface area (Å²) in [7, 11) is 1.43. The van der Waals surface area contributed by atoms with Gasteiger partial charge in [-0.15, -0.1) is 0 Å². The van der Waals surface area contributed by atoms with Gasteiger partial charge in [0.1, 0.15) is 19.3 Å². The second-order valence-corrected chi connectivity index (χ2v) is 23.4. The van der Waals surface area contributed by atoms with Crippen LogP contribution in [-0.4, -0.2) is 74.3 Å². The van der Waals surface area contributed by atoms with Crippen LogP contribution in [0.4, 0.5) is 0 Å². The summed E-state index contributed by atoms with van der Waals surface area (Å²) in [5.41, 5.74) is 0. The number of phosphoric acid groups is 1. The highest BCUT2D eigenvalue weighted by molar-refractivity contribution is 7.47. The second kappa shape index (κ2) is 58.8. The predicted molar refractivity (Wildman–Crippen MR) is 350 cm³/mol. The van der Waals surface area contributed by atoms with E-state index in [1.807, 2.05) is 94.1 Å². The fraction of sp³-hybridized carbons (Fsp3) is 0.606. The van der Waals surface area contributed by atoms with Gasteiger partial charge in [0, 0.05) is 12.8 Å². The lowest BCUT2D eigenvalue weighted by Crippen LogP contribution is -2.47. The molecule has 3 unspecified atom stereocenters. The largest absolute Gasteiger partial charge is 0.472 e. The quantitative estimate of drug-likeness (QED) is 0.0156. The van der Waals surface area contributed by atoms with Gasteiger partial charge >= 0.3 is 13.8 Å². The number of quaternary nitrogens is 1. The van der Waals surface area contributed by atoms with Crippen molar-refractivity contribution in [3.05, 3.63) is 158 Å². The monoisotopic (exact) mass is 1140 g/mol. The van der Waals surface area contributed by atoms with Crippen LogP contribution in [0.5, 0.6) is 0 Å². The van der Waals surface area contributed by atoms with Crippen molar-refractivity contribution in [1.29, 1.82) is 0 Å². The summed E-state index contributed by atoms with van der Waals surface area (Å²) in [4.78, 5) is 37.8. The number of amides is 1. The molecule has 0 aliphatic heterocycles. The molecule has 0 bridgehead atoms. The molecule has 9 nitrogen and oxygen atoms in total. The Morgan fingerprint density at radius 1 is 0.457 bits per heavy atom. The van der Waals surface area contributed by atoms with E-state index < -0.39 is 20.0 Å². The smallest absolute Gasteiger partial charge is 0.456 e. The molecule has 1 amide bonds. The van der Waals surface area contributed by atoms with Crippen molar-refractivity contribution in [2.45, 2.75) is 238 Å². The summed E-state index contributed by atoms with van der Waals surface area (Å²) in [5.74, 6) is -0.586. The molecular formula is C71H118N2O7P+. The molecule has 0 aromatic heterocycles. The Bertz CT molecular complexity index is 1940. The van der Waals surface area contributed by atoms with Gasteiger partial charge in [-0.05, 0) is 102 Å². The molecule has 0 saturated carbocycles. The molecule has 0 rings (SSSR count). The predicted octanol–water partition coefficient (Wildman–Crippen LogP) is 20.0. The highest BCUT2D eigenvalue weighted by atomic mass is 31.2. The molecule has 0 aromatic carbocycles. The van der Waals surface area contributed by atoms with Crippen LogP contribution in [0.2, 0.25) is 0 Å². The summed E-state index contributed by atoms with van der Waals surface area (Å²) < 4.78 is 30.7. The average molecular weight is 1140 g/mol. The lowest BCUT2D eigenvalue weighted by molar-refractivity contribution is -0.870. The van der Waals surface area contributed by atoms with E-state index in [1.54, 1.807) is 0 Å². The van der Waals surface area contributed by atoms with Gasteiger partial charge in [-0.2, -0.15) is 0 Å². The SMILES string of the molecule is CC\C=C/C=C/C=C/C=C\C=C\C=C\CCCCCC(=O)NC(COP(=O)(O)OCC[N+](C)(C)C)C(/C=C\CCCCCCCCCCCCC)OC(=O)CCCCCCCC/C=C\C/C=C\C/C=C\C/C=C\C/C=C\C/C=C\CC. The van der Waals surface area contributed by atoms with Gasteiger partial charge in [-0.3, -0.25) is 18.6 Å². The highest BCUT2D eigenvalue weighted by Crippen LogP contribution is 2.43. The van der Waals surface area contributed by atoms with Crippen molar-refractivity contribution in [2.24, 2.45) is 0 Å². The third kappa shape index (κ3) is 60.1. The first kappa shape index (κ1) is 76.6. The number of carbonyl (C=O) groups is 2. The van der Waals surface area contributed by atoms with Gasteiger partial charge in [0.15, 0.2) is 0 Å². The molecular weight excluding hydrogens is 1020 g/mol. The topological polar surface area (TPSA) is 111 Å². The lowest BCUT2D eigenvalue weighted by atomic mass is 10.0. The summed E-state index contributed by atoms with van der Waals surface area (Å²) in [6, 6.07) is -0.891. The Morgan fingerprint density at radius 2 is 0.852 bits per heavy atom. The van der Waals surface area contributed by atoms with Crippen LogP contribution in [0, 0.1) is 0 Å². The molecule has 0 spiro atoms. The number of likely N-dealkylation sites (N-methyl/N-ethyl adjacent to an activating group) is 1. The number of hydrogen-bond acceptors (Lipinski definition) is 6. The molecule has 0 saturated heterocycles. The van der Waals surface area contributed by atoms with Crippen LogP contribution in [0.1, 0.15) is 226 Å². The summed E-state index contributed by atoms with van der Waals surface area (Å²) >= 11 is 0. The summed E-state index contributed by atoms with van der Waals surface area (Å²) in [6.45, 7) is 6.68. The number of unbranched alkanes of at least 4 members (excludes halogenated alkanes) is 20. The molecule has 81 heavy (non-hydrogen) atoms. The Labute approximate surface area is 497 Å². The van der Waals surface area contributed by atoms with Crippen LogP contribution in [0.25, 0.3) is 0 Å². The molecule has 3 atom stereocenters. The molecule has 0 aromatic rings. The van der Waals surface area contributed by atoms with E-state index in [1.165, 1.54) is 57.8 Å². The van der Waals surface area contributed by atoms with E-state index in [9.17, 15) is 19.0 Å². The standard InChI is InChI=1S/C71H117N2O7P/c1-7-10-13-16-19-22-25-28-30-32-33-34-35-36-37-38-39-41-43-46-49-52-55-58-61-64-71(75)80-69(62-59-56-53-50-47-44-27-24-21-18-15-12-9-3)68(67-79-81(76,77)78-66-65-73(4,5)6)72-70(74)63-60-57-54-51-48-45-42-40-31-29-26-23-20-17-14-11-8-2/h10-11,13-14,17,19-20,22-23,26,28-31,33-34,36-37,39-42,45,48,59,62,68-69H,7-9,12,15-16,18,21,24-25,27,32,35,38,43-44,46-47,49-58,60-61,63-67H2,1-6H3,(H-,72,74,76,77)/p+1/b13-10-,14-11-,20-17+,22-19-,26-23+,30-28-,31-29-,34-33-,37-36-,41-39-,42-40+,48-45+,62-59-. The zero-order valence-electron chi connectivity index (χ0n) is 52.2. The van der Waals surface area contributed by atoms with E-state index in [4.69, 9.17) is 13.8 Å². The average Bonchev–Trinajstić information content (AvgIpc) is 3.44. The number of ether oxygens (including phenoxy) is 1. The minimum atomic E-state index is -4.48. The first-order chi connectivity index (χ1) is 39.4. The molecule has 0 aliphatic carbocycles. The number of allylic oxidation sites excluding steroid dienone is 25. The fourth-order valence-corrected chi connectivity index (χ4v) is 9.00. The van der Waals surface area contributed by atoms with E-state index in [-0.39, 0.29) is 37.9 Å². The third-order valence-corrected chi connectivity index (χ3v) is 14.1. The maximum atomic E-state index is 13.5. The highest BCUT2D eigenvalue weighted by Gasteiger charge is 2.30. The van der Waals surface area contributed by atoms with E-state index >= 15 is 0 Å². The van der Waals surface area contributed by atoms with Crippen LogP contribution in [0.3, 0.4) is 0 Å². The number of carbonyl (C=O) groups excluding carboxylic acids is 2. The van der Waals surface area contributed by atoms with Gasteiger partial charge in [0.25, 0.3) is 0 Å². The normalized spacial score (nSPS) is 14.7. The van der Waals surface area contributed by atoms with Crippen LogP contribution < -0.4 is 5.32 Å². The van der Waals surface area contributed by atoms with Gasteiger partial charge in [-0.1, -0.05) is 269 Å². The molecule has 0 fully saturated rings. The lowest BCUT2D eigenvalue weighted by Gasteiger charge is -2.27. The fourth-order valence-electron chi connectivity index (χ4n) is 8.27. The second-order valence-electron chi connectivity index (χ2n) is 22.0. The van der Waals surface area contributed by atoms with Gasteiger partial charge < -0.3 is 19.4 Å². The zero-order valence-corrected chi connectivity index (χ0v) is 53.1. The van der Waals surface area contributed by atoms with E-state index in [0.717, 1.165) is 122 Å². The third-order valence-electron chi connectivity index (χ3n) is 13.1. The van der Waals surface area contributed by atoms with Crippen molar-refractivity contribution < 1.29 is 37.3 Å². The van der Waals surface area contributed by atoms with Crippen molar-refractivity contribution in [2.75, 3.05) is 40.9 Å². The molecule has 2 N–H and O–H groups in total. The Morgan fingerprint density at radius 3 is 1.35 bits per heavy atom. The number of rotatable bonds is 55. The number of nitrogens with one attached hydrogen (secondary N) is 1. The zero-order chi connectivity index (χ0) is 59.3. The Hall–Kier alpha value is -4.37. The maximum absolute atomic E-state index is 13.5. The van der Waals surface area contributed by atoms with Crippen molar-refractivity contribution in [3.63, 3.8) is 0 Å². The minimum absolute atomic E-state index is 0.0187. The Balaban J connectivity index is 5.35. The van der Waals surface area contributed by atoms with E-state index in [2.05, 4.69) is 111 Å². The van der Waals surface area contributed by atoms with Crippen molar-refractivity contribution in [1.82, 2.24) is 5.32 Å². The van der Waals surface area contributed by atoms with Crippen LogP contribution >= 0.6 is 7.82 Å². The number of nitrogens with zero attached hydrogens (tertiary/aromatic N) is 1. The molecule has 0 heterocycles. The Kier molecular flexibility index (Phi) is 55.6. The molecule has 0 radical (unpaired) electrons. The van der Waals surface area contributed by atoms with Crippen LogP contribution in [0.15, 0.2) is 158 Å². The van der Waals surface area contributed by atoms with Crippen molar-refractivity contribution in [3.8, 4) is 0 Å². The van der Waals surface area contributed by atoms with Gasteiger partial charge in [0.2, 0.25) is 5.91 Å². The van der Waals surface area contributed by atoms with Gasteiger partial charge in [0.05, 0.1) is 33.8 Å². The first-order valence-corrected chi connectivity index (χ1v) is 33.4. The van der Waals surface area contributed by atoms with Crippen LogP contribution in [-0.2, 0) is 27.9 Å². The molecule has 0 aliphatic rings. The number of hydrogen-bond donors (Lipinski definition) is 2. The summed E-state index contributed by atoms with van der Waals surface area (Å²) in [6.07, 6.45) is 86.7. The first-order valence-electron chi connectivity index (χ1n) is 31.9. The summed E-state index contributed by atoms with van der Waals surface area (Å²) in [5, 5.41) is 3.02. The van der Waals surface area contributed by atoms with Crippen molar-refractivity contribution >= 4 is 19.7 Å². The minimum Gasteiger partial charge on any atom is -0.456 e. The number of esters is 1. The molecule has 10 heteroatoms.